The normalized spacial score (nSPS) is 14.1. The number of guanidine groups is 1. The van der Waals surface area contributed by atoms with Crippen LogP contribution in [0.1, 0.15) is 12.0 Å². The summed E-state index contributed by atoms with van der Waals surface area (Å²) >= 11 is 0. The third kappa shape index (κ3) is 6.56. The lowest BCUT2D eigenvalue weighted by atomic mass is 10.1. The number of phenols is 1. The van der Waals surface area contributed by atoms with Crippen molar-refractivity contribution in [2.75, 3.05) is 58.9 Å². The van der Waals surface area contributed by atoms with Gasteiger partial charge in [-0.3, -0.25) is 4.99 Å². The maximum absolute atomic E-state index is 10.1. The number of hydrogen-bond acceptors (Lipinski definition) is 5. The molecule has 170 valence electrons. The maximum Gasteiger partial charge on any atom is 0.193 e. The quantitative estimate of drug-likeness (QED) is 0.243. The highest BCUT2D eigenvalue weighted by Gasteiger charge is 2.21. The van der Waals surface area contributed by atoms with E-state index in [-0.39, 0.29) is 24.0 Å². The van der Waals surface area contributed by atoms with Crippen LogP contribution < -0.4 is 19.7 Å². The minimum Gasteiger partial charge on any atom is -0.506 e. The number of hydrogen-bond donors (Lipinski definition) is 2. The van der Waals surface area contributed by atoms with Gasteiger partial charge < -0.3 is 29.7 Å². The van der Waals surface area contributed by atoms with Crippen LogP contribution in [0.4, 0.5) is 5.69 Å². The molecule has 1 fully saturated rings. The van der Waals surface area contributed by atoms with Crippen LogP contribution in [0.15, 0.2) is 47.5 Å². The number of anilines is 1. The average molecular weight is 540 g/mol. The van der Waals surface area contributed by atoms with E-state index < -0.39 is 0 Å². The fraction of sp³-hybridized carbons (Fsp3) is 0.435. The average Bonchev–Trinajstić information content (AvgIpc) is 2.79. The van der Waals surface area contributed by atoms with Crippen molar-refractivity contribution in [1.82, 2.24) is 10.2 Å². The highest BCUT2D eigenvalue weighted by atomic mass is 127. The summed E-state index contributed by atoms with van der Waals surface area (Å²) in [4.78, 5) is 8.94. The Bertz CT molecular complexity index is 854. The van der Waals surface area contributed by atoms with Crippen molar-refractivity contribution in [2.24, 2.45) is 4.99 Å². The van der Waals surface area contributed by atoms with Crippen molar-refractivity contribution >= 4 is 35.6 Å². The summed E-state index contributed by atoms with van der Waals surface area (Å²) in [6, 6.07) is 13.6. The van der Waals surface area contributed by atoms with Gasteiger partial charge in [0.25, 0.3) is 0 Å². The summed E-state index contributed by atoms with van der Waals surface area (Å²) in [5.41, 5.74) is 2.12. The number of aromatic hydroxyl groups is 1. The number of benzene rings is 2. The van der Waals surface area contributed by atoms with Crippen LogP contribution in [0.25, 0.3) is 0 Å². The van der Waals surface area contributed by atoms with Crippen LogP contribution in [-0.2, 0) is 6.42 Å². The van der Waals surface area contributed by atoms with E-state index in [1.807, 2.05) is 37.4 Å². The summed E-state index contributed by atoms with van der Waals surface area (Å²) in [6.07, 6.45) is 1.94. The first-order valence-corrected chi connectivity index (χ1v) is 10.4. The summed E-state index contributed by atoms with van der Waals surface area (Å²) in [5.74, 6) is 2.78. The summed E-state index contributed by atoms with van der Waals surface area (Å²) in [5, 5.41) is 13.6. The second kappa shape index (κ2) is 12.5. The van der Waals surface area contributed by atoms with E-state index in [4.69, 9.17) is 9.47 Å². The first-order chi connectivity index (χ1) is 14.7. The lowest BCUT2D eigenvalue weighted by Crippen LogP contribution is -2.52. The Labute approximate surface area is 202 Å². The first kappa shape index (κ1) is 24.9. The molecule has 1 aliphatic heterocycles. The molecule has 8 heteroatoms. The molecule has 0 unspecified atom stereocenters. The molecule has 0 atom stereocenters. The Kier molecular flexibility index (Phi) is 10.0. The summed E-state index contributed by atoms with van der Waals surface area (Å²) in [6.45, 7) is 4.28. The maximum atomic E-state index is 10.1. The molecule has 0 radical (unpaired) electrons. The van der Waals surface area contributed by atoms with Gasteiger partial charge in [0, 0.05) is 39.8 Å². The van der Waals surface area contributed by atoms with Crippen LogP contribution in [0.2, 0.25) is 0 Å². The van der Waals surface area contributed by atoms with Crippen molar-refractivity contribution < 1.29 is 14.6 Å². The molecule has 0 aromatic heterocycles. The van der Waals surface area contributed by atoms with Crippen molar-refractivity contribution in [3.63, 3.8) is 0 Å². The fourth-order valence-electron chi connectivity index (χ4n) is 3.75. The van der Waals surface area contributed by atoms with E-state index >= 15 is 0 Å². The Morgan fingerprint density at radius 2 is 1.74 bits per heavy atom. The van der Waals surface area contributed by atoms with Gasteiger partial charge in [0.2, 0.25) is 0 Å². The molecule has 0 aliphatic carbocycles. The number of halogens is 1. The Balaban J connectivity index is 0.00000341. The highest BCUT2D eigenvalue weighted by molar-refractivity contribution is 14.0. The number of piperazine rings is 1. The monoisotopic (exact) mass is 540 g/mol. The molecular weight excluding hydrogens is 507 g/mol. The van der Waals surface area contributed by atoms with Crippen LogP contribution in [0, 0.1) is 0 Å². The van der Waals surface area contributed by atoms with Crippen LogP contribution in [-0.4, -0.2) is 70.0 Å². The number of ether oxygens (including phenoxy) is 2. The second-order valence-corrected chi connectivity index (χ2v) is 7.23. The van der Waals surface area contributed by atoms with Crippen molar-refractivity contribution in [3.8, 4) is 17.2 Å². The third-order valence-electron chi connectivity index (χ3n) is 5.39. The molecule has 0 bridgehead atoms. The zero-order chi connectivity index (χ0) is 21.3. The third-order valence-corrected chi connectivity index (χ3v) is 5.39. The minimum absolute atomic E-state index is 0. The zero-order valence-electron chi connectivity index (χ0n) is 18.5. The molecule has 3 rings (SSSR count). The molecule has 0 amide bonds. The van der Waals surface area contributed by atoms with Gasteiger partial charge in [-0.15, -0.1) is 24.0 Å². The lowest BCUT2D eigenvalue weighted by molar-refractivity contribution is 0.354. The van der Waals surface area contributed by atoms with E-state index in [0.29, 0.717) is 5.75 Å². The van der Waals surface area contributed by atoms with Crippen LogP contribution >= 0.6 is 24.0 Å². The SMILES string of the molecule is CN=C(NCCCc1ccc(OC)c(OC)c1)N1CCN(c2ccccc2O)CC1.I. The lowest BCUT2D eigenvalue weighted by Gasteiger charge is -2.37. The summed E-state index contributed by atoms with van der Waals surface area (Å²) < 4.78 is 10.7. The molecule has 2 aromatic carbocycles. The van der Waals surface area contributed by atoms with Crippen molar-refractivity contribution in [3.05, 3.63) is 48.0 Å². The van der Waals surface area contributed by atoms with Gasteiger partial charge in [0.1, 0.15) is 5.75 Å². The molecule has 1 saturated heterocycles. The largest absolute Gasteiger partial charge is 0.506 e. The number of methoxy groups -OCH3 is 2. The molecular formula is C23H33IN4O3. The number of phenolic OH excluding ortho intramolecular Hbond substituents is 1. The van der Waals surface area contributed by atoms with E-state index in [9.17, 15) is 5.11 Å². The smallest absolute Gasteiger partial charge is 0.193 e. The number of nitrogens with zero attached hydrogens (tertiary/aromatic N) is 3. The molecule has 31 heavy (non-hydrogen) atoms. The Hall–Kier alpha value is -2.36. The molecule has 7 nitrogen and oxygen atoms in total. The second-order valence-electron chi connectivity index (χ2n) is 7.23. The number of aryl methyl sites for hydroxylation is 1. The van der Waals surface area contributed by atoms with Crippen molar-refractivity contribution in [1.29, 1.82) is 0 Å². The number of aliphatic imine (C=N–C) groups is 1. The molecule has 2 N–H and O–H groups in total. The van der Waals surface area contributed by atoms with Gasteiger partial charge in [-0.25, -0.2) is 0 Å². The topological polar surface area (TPSA) is 69.6 Å². The Morgan fingerprint density at radius 1 is 1.03 bits per heavy atom. The molecule has 1 aliphatic rings. The number of nitrogens with one attached hydrogen (secondary N) is 1. The van der Waals surface area contributed by atoms with E-state index in [1.54, 1.807) is 20.3 Å². The molecule has 2 aromatic rings. The predicted molar refractivity (Wildman–Crippen MR) is 137 cm³/mol. The van der Waals surface area contributed by atoms with E-state index in [0.717, 1.165) is 68.7 Å². The van der Waals surface area contributed by atoms with Gasteiger partial charge in [0.05, 0.1) is 19.9 Å². The standard InChI is InChI=1S/C23H32N4O3.HI/c1-24-23(25-12-6-7-18-10-11-21(29-2)22(17-18)30-3)27-15-13-26(14-16-27)19-8-4-5-9-20(19)28;/h4-5,8-11,17,28H,6-7,12-16H2,1-3H3,(H,24,25);1H. The summed E-state index contributed by atoms with van der Waals surface area (Å²) in [7, 11) is 5.13. The first-order valence-electron chi connectivity index (χ1n) is 10.4. The van der Waals surface area contributed by atoms with Crippen molar-refractivity contribution in [2.45, 2.75) is 12.8 Å². The number of rotatable bonds is 7. The highest BCUT2D eigenvalue weighted by Crippen LogP contribution is 2.28. The zero-order valence-corrected chi connectivity index (χ0v) is 20.8. The van der Waals surface area contributed by atoms with Crippen LogP contribution in [0.3, 0.4) is 0 Å². The van der Waals surface area contributed by atoms with E-state index in [2.05, 4.69) is 26.2 Å². The van der Waals surface area contributed by atoms with Gasteiger partial charge in [-0.2, -0.15) is 0 Å². The Morgan fingerprint density at radius 3 is 2.39 bits per heavy atom. The van der Waals surface area contributed by atoms with E-state index in [1.165, 1.54) is 5.56 Å². The molecule has 0 spiro atoms. The van der Waals surface area contributed by atoms with Gasteiger partial charge >= 0.3 is 0 Å². The van der Waals surface area contributed by atoms with Gasteiger partial charge in [0.15, 0.2) is 17.5 Å². The van der Waals surface area contributed by atoms with Gasteiger partial charge in [-0.05, 0) is 42.7 Å². The molecule has 0 saturated carbocycles. The minimum atomic E-state index is 0. The fourth-order valence-corrected chi connectivity index (χ4v) is 3.75. The van der Waals surface area contributed by atoms with Gasteiger partial charge in [-0.1, -0.05) is 18.2 Å². The predicted octanol–water partition coefficient (Wildman–Crippen LogP) is 3.36. The van der Waals surface area contributed by atoms with Crippen LogP contribution in [0.5, 0.6) is 17.2 Å². The molecule has 1 heterocycles. The number of para-hydroxylation sites is 2.